The summed E-state index contributed by atoms with van der Waals surface area (Å²) in [7, 11) is 0. The van der Waals surface area contributed by atoms with Crippen molar-refractivity contribution in [3.63, 3.8) is 0 Å². The number of benzene rings is 2. The van der Waals surface area contributed by atoms with Crippen LogP contribution < -0.4 is 0 Å². The molecule has 2 heteroatoms. The Morgan fingerprint density at radius 3 is 1.91 bits per heavy atom. The quantitative estimate of drug-likeness (QED) is 0.667. The molecule has 0 saturated carbocycles. The van der Waals surface area contributed by atoms with Crippen molar-refractivity contribution in [2.24, 2.45) is 0 Å². The molecule has 0 spiro atoms. The van der Waals surface area contributed by atoms with Gasteiger partial charge in [-0.1, -0.05) is 45.2 Å². The van der Waals surface area contributed by atoms with Gasteiger partial charge in [-0.3, -0.25) is 0 Å². The third kappa shape index (κ3) is 4.03. The lowest BCUT2D eigenvalue weighted by molar-refractivity contribution is 0.469. The fourth-order valence-corrected chi connectivity index (χ4v) is 2.73. The van der Waals surface area contributed by atoms with Gasteiger partial charge in [0.2, 0.25) is 0 Å². The Morgan fingerprint density at radius 1 is 0.727 bits per heavy atom. The summed E-state index contributed by atoms with van der Waals surface area (Å²) in [6.45, 7) is 4.29. The first kappa shape index (κ1) is 16.4. The molecule has 2 rings (SSSR count). The predicted molar refractivity (Wildman–Crippen MR) is 92.4 cm³/mol. The fourth-order valence-electron chi connectivity index (χ4n) is 2.73. The minimum atomic E-state index is 0.218. The zero-order chi connectivity index (χ0) is 15.9. The van der Waals surface area contributed by atoms with Crippen LogP contribution in [0.1, 0.15) is 50.7 Å². The number of unbranched alkanes of at least 4 members (excludes halogenated alkanes) is 3. The lowest BCUT2D eigenvalue weighted by Crippen LogP contribution is -1.90. The van der Waals surface area contributed by atoms with Gasteiger partial charge in [0.25, 0.3) is 0 Å². The zero-order valence-electron chi connectivity index (χ0n) is 13.6. The maximum Gasteiger partial charge on any atom is 0.123 e. The number of phenolic OH excluding ortho intramolecular Hbond substituents is 2. The molecule has 0 fully saturated rings. The second kappa shape index (κ2) is 7.88. The zero-order valence-corrected chi connectivity index (χ0v) is 13.6. The smallest absolute Gasteiger partial charge is 0.123 e. The molecule has 0 atom stereocenters. The van der Waals surface area contributed by atoms with Crippen LogP contribution in [0.5, 0.6) is 11.5 Å². The average Bonchev–Trinajstić information content (AvgIpc) is 2.54. The van der Waals surface area contributed by atoms with E-state index in [0.29, 0.717) is 5.56 Å². The van der Waals surface area contributed by atoms with E-state index in [0.717, 1.165) is 24.0 Å². The van der Waals surface area contributed by atoms with Gasteiger partial charge in [0.05, 0.1) is 0 Å². The molecule has 2 nitrogen and oxygen atoms in total. The van der Waals surface area contributed by atoms with E-state index in [4.69, 9.17) is 0 Å². The molecule has 2 aromatic rings. The van der Waals surface area contributed by atoms with E-state index in [2.05, 4.69) is 13.8 Å². The molecule has 2 aromatic carbocycles. The van der Waals surface area contributed by atoms with Crippen LogP contribution in [-0.4, -0.2) is 10.2 Å². The molecule has 0 bridgehead atoms. The Labute approximate surface area is 133 Å². The Hall–Kier alpha value is -1.96. The summed E-state index contributed by atoms with van der Waals surface area (Å²) in [5, 5.41) is 20.3. The van der Waals surface area contributed by atoms with Crippen molar-refractivity contribution in [3.8, 4) is 22.6 Å². The number of hydrogen-bond acceptors (Lipinski definition) is 2. The minimum Gasteiger partial charge on any atom is -0.507 e. The van der Waals surface area contributed by atoms with Crippen LogP contribution in [-0.2, 0) is 12.8 Å². The maximum atomic E-state index is 10.2. The normalized spacial score (nSPS) is 10.8. The van der Waals surface area contributed by atoms with Gasteiger partial charge in [0.1, 0.15) is 11.5 Å². The van der Waals surface area contributed by atoms with E-state index in [9.17, 15) is 10.2 Å². The predicted octanol–water partition coefficient (Wildman–Crippen LogP) is 5.45. The van der Waals surface area contributed by atoms with Crippen LogP contribution in [0.3, 0.4) is 0 Å². The topological polar surface area (TPSA) is 40.5 Å². The maximum absolute atomic E-state index is 10.2. The van der Waals surface area contributed by atoms with Gasteiger partial charge in [-0.05, 0) is 54.7 Å². The highest BCUT2D eigenvalue weighted by atomic mass is 16.3. The summed E-state index contributed by atoms with van der Waals surface area (Å²) in [6, 6.07) is 11.3. The highest BCUT2D eigenvalue weighted by molar-refractivity contribution is 5.76. The Kier molecular flexibility index (Phi) is 5.88. The summed E-state index contributed by atoms with van der Waals surface area (Å²) < 4.78 is 0. The summed E-state index contributed by atoms with van der Waals surface area (Å²) in [5.41, 5.74) is 3.80. The van der Waals surface area contributed by atoms with Crippen LogP contribution in [0, 0.1) is 0 Å². The summed E-state index contributed by atoms with van der Waals surface area (Å²) in [4.78, 5) is 0. The highest BCUT2D eigenvalue weighted by Crippen LogP contribution is 2.36. The van der Waals surface area contributed by atoms with E-state index >= 15 is 0 Å². The molecule has 118 valence electrons. The lowest BCUT2D eigenvalue weighted by Gasteiger charge is -2.11. The number of phenols is 2. The van der Waals surface area contributed by atoms with Crippen LogP contribution in [0.15, 0.2) is 36.4 Å². The Morgan fingerprint density at radius 2 is 1.32 bits per heavy atom. The van der Waals surface area contributed by atoms with Crippen molar-refractivity contribution < 1.29 is 10.2 Å². The molecule has 0 aliphatic carbocycles. The number of aryl methyl sites for hydroxylation is 2. The Bertz CT molecular complexity index is 617. The van der Waals surface area contributed by atoms with Crippen molar-refractivity contribution in [3.05, 3.63) is 47.5 Å². The van der Waals surface area contributed by atoms with Gasteiger partial charge in [-0.25, -0.2) is 0 Å². The van der Waals surface area contributed by atoms with Crippen LogP contribution in [0.4, 0.5) is 0 Å². The van der Waals surface area contributed by atoms with Gasteiger partial charge in [-0.2, -0.15) is 0 Å². The van der Waals surface area contributed by atoms with Crippen molar-refractivity contribution >= 4 is 0 Å². The molecular formula is C20H26O2. The number of aromatic hydroxyl groups is 2. The molecule has 2 N–H and O–H groups in total. The van der Waals surface area contributed by atoms with E-state index in [-0.39, 0.29) is 11.5 Å². The van der Waals surface area contributed by atoms with Gasteiger partial charge < -0.3 is 10.2 Å². The second-order valence-electron chi connectivity index (χ2n) is 5.87. The molecule has 0 amide bonds. The summed E-state index contributed by atoms with van der Waals surface area (Å²) in [6.07, 6.45) is 6.83. The second-order valence-corrected chi connectivity index (χ2v) is 5.87. The van der Waals surface area contributed by atoms with Crippen LogP contribution in [0.2, 0.25) is 0 Å². The van der Waals surface area contributed by atoms with E-state index in [1.807, 2.05) is 24.3 Å². The monoisotopic (exact) mass is 298 g/mol. The van der Waals surface area contributed by atoms with E-state index < -0.39 is 0 Å². The summed E-state index contributed by atoms with van der Waals surface area (Å²) in [5.74, 6) is 0.441. The molecule has 0 radical (unpaired) electrons. The van der Waals surface area contributed by atoms with Gasteiger partial charge in [-0.15, -0.1) is 0 Å². The molecule has 0 heterocycles. The van der Waals surface area contributed by atoms with Crippen molar-refractivity contribution in [1.82, 2.24) is 0 Å². The van der Waals surface area contributed by atoms with Gasteiger partial charge in [0, 0.05) is 11.1 Å². The van der Waals surface area contributed by atoms with E-state index in [1.54, 1.807) is 12.1 Å². The first-order valence-electron chi connectivity index (χ1n) is 8.29. The number of rotatable bonds is 7. The molecule has 0 aliphatic heterocycles. The third-order valence-corrected chi connectivity index (χ3v) is 4.14. The summed E-state index contributed by atoms with van der Waals surface area (Å²) >= 11 is 0. The fraction of sp³-hybridized carbons (Fsp3) is 0.400. The Balaban J connectivity index is 2.26. The molecular weight excluding hydrogens is 272 g/mol. The average molecular weight is 298 g/mol. The van der Waals surface area contributed by atoms with Crippen molar-refractivity contribution in [2.45, 2.75) is 52.4 Å². The molecule has 0 saturated heterocycles. The van der Waals surface area contributed by atoms with Crippen LogP contribution in [0.25, 0.3) is 11.1 Å². The standard InChI is InChI=1S/C20H26O2/c1-3-5-6-7-8-16-10-12-20(22)18(14-16)17-13-15(4-2)9-11-19(17)21/h9-14,21-22H,3-8H2,1-2H3. The largest absolute Gasteiger partial charge is 0.507 e. The first-order chi connectivity index (χ1) is 10.7. The van der Waals surface area contributed by atoms with Crippen molar-refractivity contribution in [1.29, 1.82) is 0 Å². The van der Waals surface area contributed by atoms with Gasteiger partial charge in [0.15, 0.2) is 0 Å². The molecule has 0 unspecified atom stereocenters. The van der Waals surface area contributed by atoms with Gasteiger partial charge >= 0.3 is 0 Å². The number of hydrogen-bond donors (Lipinski definition) is 2. The minimum absolute atomic E-state index is 0.218. The lowest BCUT2D eigenvalue weighted by atomic mass is 9.96. The highest BCUT2D eigenvalue weighted by Gasteiger charge is 2.11. The SMILES string of the molecule is CCCCCCc1ccc(O)c(-c2cc(CC)ccc2O)c1. The van der Waals surface area contributed by atoms with Crippen molar-refractivity contribution in [2.75, 3.05) is 0 Å². The first-order valence-corrected chi connectivity index (χ1v) is 8.29. The van der Waals surface area contributed by atoms with Crippen LogP contribution >= 0.6 is 0 Å². The molecule has 22 heavy (non-hydrogen) atoms. The molecule has 0 aliphatic rings. The van der Waals surface area contributed by atoms with E-state index in [1.165, 1.54) is 31.2 Å². The third-order valence-electron chi connectivity index (χ3n) is 4.14. The molecule has 0 aromatic heterocycles.